The van der Waals surface area contributed by atoms with Crippen LogP contribution in [0, 0.1) is 0 Å². The van der Waals surface area contributed by atoms with Gasteiger partial charge in [0, 0.05) is 31.2 Å². The number of unbranched alkanes of at least 4 members (excludes halogenated alkanes) is 1. The predicted octanol–water partition coefficient (Wildman–Crippen LogP) is 1.92. The number of rotatable bonds is 4. The number of aromatic nitrogens is 1. The first-order valence-electron chi connectivity index (χ1n) is 8.23. The van der Waals surface area contributed by atoms with Crippen molar-refractivity contribution in [2.75, 3.05) is 6.54 Å². The van der Waals surface area contributed by atoms with Gasteiger partial charge in [0.1, 0.15) is 5.69 Å². The van der Waals surface area contributed by atoms with Crippen molar-refractivity contribution >= 4 is 11.8 Å². The maximum atomic E-state index is 12.8. The standard InChI is InChI=1S/C17H23N3O2/c1-2-3-4-12-5-8-15(18-10-12)17(22)20-13-6-7-14(20)11-19-16(21)9-13/h5,8,10,13-14H,2-4,6-7,9,11H2,1H3,(H,19,21)/t13-,14+/m0/s1. The summed E-state index contributed by atoms with van der Waals surface area (Å²) in [5.74, 6) is 0.0129. The van der Waals surface area contributed by atoms with Gasteiger partial charge in [-0.2, -0.15) is 0 Å². The largest absolute Gasteiger partial charge is 0.354 e. The van der Waals surface area contributed by atoms with Crippen LogP contribution in [0.1, 0.15) is 55.1 Å². The summed E-state index contributed by atoms with van der Waals surface area (Å²) < 4.78 is 0. The van der Waals surface area contributed by atoms with Gasteiger partial charge < -0.3 is 10.2 Å². The van der Waals surface area contributed by atoms with Crippen molar-refractivity contribution < 1.29 is 9.59 Å². The summed E-state index contributed by atoms with van der Waals surface area (Å²) in [6, 6.07) is 3.97. The minimum absolute atomic E-state index is 0.0292. The van der Waals surface area contributed by atoms with Crippen molar-refractivity contribution in [3.63, 3.8) is 0 Å². The first kappa shape index (κ1) is 15.0. The third-order valence-corrected chi connectivity index (χ3v) is 4.67. The number of fused-ring (bicyclic) bond motifs is 2. The summed E-state index contributed by atoms with van der Waals surface area (Å²) in [4.78, 5) is 30.7. The van der Waals surface area contributed by atoms with Crippen molar-refractivity contribution in [2.24, 2.45) is 0 Å². The van der Waals surface area contributed by atoms with Gasteiger partial charge in [0.25, 0.3) is 5.91 Å². The number of amides is 2. The van der Waals surface area contributed by atoms with Gasteiger partial charge in [-0.3, -0.25) is 14.6 Å². The van der Waals surface area contributed by atoms with Crippen LogP contribution in [-0.2, 0) is 11.2 Å². The van der Waals surface area contributed by atoms with Crippen LogP contribution in [0.4, 0.5) is 0 Å². The van der Waals surface area contributed by atoms with Crippen LogP contribution in [0.15, 0.2) is 18.3 Å². The molecule has 2 atom stereocenters. The fourth-order valence-corrected chi connectivity index (χ4v) is 3.42. The van der Waals surface area contributed by atoms with Crippen molar-refractivity contribution in [3.8, 4) is 0 Å². The Bertz CT molecular complexity index is 556. The van der Waals surface area contributed by atoms with Crippen LogP contribution in [0.5, 0.6) is 0 Å². The second-order valence-corrected chi connectivity index (χ2v) is 6.26. The Morgan fingerprint density at radius 3 is 2.91 bits per heavy atom. The minimum Gasteiger partial charge on any atom is -0.354 e. The Morgan fingerprint density at radius 1 is 1.36 bits per heavy atom. The lowest BCUT2D eigenvalue weighted by atomic mass is 10.1. The second-order valence-electron chi connectivity index (χ2n) is 6.26. The van der Waals surface area contributed by atoms with Gasteiger partial charge in [-0.1, -0.05) is 19.4 Å². The lowest BCUT2D eigenvalue weighted by molar-refractivity contribution is -0.121. The molecule has 0 aliphatic carbocycles. The van der Waals surface area contributed by atoms with E-state index in [0.717, 1.165) is 32.1 Å². The summed E-state index contributed by atoms with van der Waals surface area (Å²) in [5.41, 5.74) is 1.67. The highest BCUT2D eigenvalue weighted by molar-refractivity contribution is 5.93. The molecule has 5 nitrogen and oxygen atoms in total. The van der Waals surface area contributed by atoms with E-state index in [0.29, 0.717) is 18.7 Å². The number of hydrogen-bond donors (Lipinski definition) is 1. The van der Waals surface area contributed by atoms with Crippen LogP contribution >= 0.6 is 0 Å². The molecule has 0 radical (unpaired) electrons. The number of nitrogens with zero attached hydrogens (tertiary/aromatic N) is 2. The quantitative estimate of drug-likeness (QED) is 0.924. The molecule has 22 heavy (non-hydrogen) atoms. The molecule has 0 unspecified atom stereocenters. The highest BCUT2D eigenvalue weighted by Gasteiger charge is 2.40. The van der Waals surface area contributed by atoms with E-state index in [2.05, 4.69) is 17.2 Å². The molecule has 3 rings (SSSR count). The molecule has 118 valence electrons. The Balaban J connectivity index is 1.74. The van der Waals surface area contributed by atoms with Crippen molar-refractivity contribution in [1.29, 1.82) is 0 Å². The molecule has 3 heterocycles. The Hall–Kier alpha value is -1.91. The number of nitrogens with one attached hydrogen (secondary N) is 1. The lowest BCUT2D eigenvalue weighted by Gasteiger charge is -2.27. The van der Waals surface area contributed by atoms with Gasteiger partial charge in [0.05, 0.1) is 0 Å². The number of aryl methyl sites for hydroxylation is 1. The second kappa shape index (κ2) is 6.46. The fraction of sp³-hybridized carbons (Fsp3) is 0.588. The van der Waals surface area contributed by atoms with E-state index in [1.807, 2.05) is 23.2 Å². The molecule has 2 aliphatic rings. The van der Waals surface area contributed by atoms with Crippen LogP contribution < -0.4 is 5.32 Å². The maximum Gasteiger partial charge on any atom is 0.273 e. The molecule has 1 aromatic rings. The predicted molar refractivity (Wildman–Crippen MR) is 83.5 cm³/mol. The molecule has 0 saturated carbocycles. The van der Waals surface area contributed by atoms with Gasteiger partial charge in [-0.25, -0.2) is 0 Å². The SMILES string of the molecule is CCCCc1ccc(C(=O)N2[C@@H]3CC[C@H]2CC(=O)NC3)nc1. The summed E-state index contributed by atoms with van der Waals surface area (Å²) in [5, 5.41) is 2.89. The summed E-state index contributed by atoms with van der Waals surface area (Å²) in [7, 11) is 0. The maximum absolute atomic E-state index is 12.8. The smallest absolute Gasteiger partial charge is 0.273 e. The van der Waals surface area contributed by atoms with Gasteiger partial charge in [-0.15, -0.1) is 0 Å². The topological polar surface area (TPSA) is 62.3 Å². The Kier molecular flexibility index (Phi) is 4.41. The highest BCUT2D eigenvalue weighted by atomic mass is 16.2. The van der Waals surface area contributed by atoms with Crippen LogP contribution in [0.25, 0.3) is 0 Å². The van der Waals surface area contributed by atoms with E-state index in [1.54, 1.807) is 0 Å². The molecule has 0 aromatic carbocycles. The first-order valence-corrected chi connectivity index (χ1v) is 8.23. The molecule has 1 N–H and O–H groups in total. The number of pyridine rings is 1. The van der Waals surface area contributed by atoms with E-state index in [-0.39, 0.29) is 23.9 Å². The zero-order valence-electron chi connectivity index (χ0n) is 13.0. The normalized spacial score (nSPS) is 24.0. The van der Waals surface area contributed by atoms with Gasteiger partial charge in [-0.05, 0) is 37.3 Å². The minimum atomic E-state index is -0.0361. The van der Waals surface area contributed by atoms with Crippen molar-refractivity contribution in [3.05, 3.63) is 29.6 Å². The van der Waals surface area contributed by atoms with Crippen LogP contribution in [0.2, 0.25) is 0 Å². The molecule has 0 spiro atoms. The molecule has 2 saturated heterocycles. The Morgan fingerprint density at radius 2 is 2.18 bits per heavy atom. The van der Waals surface area contributed by atoms with E-state index >= 15 is 0 Å². The van der Waals surface area contributed by atoms with Gasteiger partial charge >= 0.3 is 0 Å². The molecular formula is C17H23N3O2. The molecule has 1 aromatic heterocycles. The number of carbonyl (C=O) groups is 2. The zero-order chi connectivity index (χ0) is 15.5. The number of carbonyl (C=O) groups excluding carboxylic acids is 2. The van der Waals surface area contributed by atoms with Crippen LogP contribution in [-0.4, -0.2) is 40.3 Å². The average molecular weight is 301 g/mol. The summed E-state index contributed by atoms with van der Waals surface area (Å²) in [6.45, 7) is 2.73. The molecule has 2 amide bonds. The first-order chi connectivity index (χ1) is 10.7. The van der Waals surface area contributed by atoms with Crippen molar-refractivity contribution in [1.82, 2.24) is 15.2 Å². The number of hydrogen-bond acceptors (Lipinski definition) is 3. The molecule has 5 heteroatoms. The lowest BCUT2D eigenvalue weighted by Crippen LogP contribution is -2.42. The average Bonchev–Trinajstić information content (AvgIpc) is 2.84. The zero-order valence-corrected chi connectivity index (χ0v) is 13.0. The highest BCUT2D eigenvalue weighted by Crippen LogP contribution is 2.29. The van der Waals surface area contributed by atoms with E-state index in [4.69, 9.17) is 0 Å². The summed E-state index contributed by atoms with van der Waals surface area (Å²) in [6.07, 6.45) is 7.40. The van der Waals surface area contributed by atoms with Gasteiger partial charge in [0.15, 0.2) is 0 Å². The van der Waals surface area contributed by atoms with E-state index < -0.39 is 0 Å². The third-order valence-electron chi connectivity index (χ3n) is 4.67. The van der Waals surface area contributed by atoms with Gasteiger partial charge in [0.2, 0.25) is 5.91 Å². The molecule has 2 fully saturated rings. The van der Waals surface area contributed by atoms with Crippen molar-refractivity contribution in [2.45, 2.75) is 57.5 Å². The Labute approximate surface area is 131 Å². The van der Waals surface area contributed by atoms with Crippen LogP contribution in [0.3, 0.4) is 0 Å². The molecule has 2 bridgehead atoms. The third kappa shape index (κ3) is 2.98. The molecule has 2 aliphatic heterocycles. The van der Waals surface area contributed by atoms with E-state index in [9.17, 15) is 9.59 Å². The monoisotopic (exact) mass is 301 g/mol. The molecular weight excluding hydrogens is 278 g/mol. The fourth-order valence-electron chi connectivity index (χ4n) is 3.42. The van der Waals surface area contributed by atoms with E-state index in [1.165, 1.54) is 5.56 Å². The summed E-state index contributed by atoms with van der Waals surface area (Å²) >= 11 is 0.